The maximum absolute atomic E-state index is 6.08. The van der Waals surface area contributed by atoms with Gasteiger partial charge in [0.25, 0.3) is 0 Å². The fraction of sp³-hybridized carbons (Fsp3) is 0.778. The molecular weight excluding hydrogens is 262 g/mol. The van der Waals surface area contributed by atoms with Gasteiger partial charge in [-0.3, -0.25) is 0 Å². The smallest absolute Gasteiger partial charge is 0.130 e. The van der Waals surface area contributed by atoms with Gasteiger partial charge in [0.15, 0.2) is 0 Å². The van der Waals surface area contributed by atoms with Crippen molar-refractivity contribution in [2.24, 2.45) is 5.92 Å². The molecule has 120 valence electrons. The van der Waals surface area contributed by atoms with Gasteiger partial charge in [-0.15, -0.1) is 0 Å². The third-order valence-corrected chi connectivity index (χ3v) is 4.32. The van der Waals surface area contributed by atoms with Crippen molar-refractivity contribution in [1.29, 1.82) is 0 Å². The molecule has 3 nitrogen and oxygen atoms in total. The summed E-state index contributed by atoms with van der Waals surface area (Å²) in [4.78, 5) is 0. The van der Waals surface area contributed by atoms with Crippen LogP contribution < -0.4 is 5.32 Å². The van der Waals surface area contributed by atoms with Crippen molar-refractivity contribution in [1.82, 2.24) is 5.32 Å². The van der Waals surface area contributed by atoms with E-state index in [1.807, 2.05) is 0 Å². The van der Waals surface area contributed by atoms with Crippen molar-refractivity contribution >= 4 is 0 Å². The highest BCUT2D eigenvalue weighted by Gasteiger charge is 2.22. The van der Waals surface area contributed by atoms with Gasteiger partial charge in [0, 0.05) is 5.54 Å². The van der Waals surface area contributed by atoms with Crippen LogP contribution in [0, 0.1) is 12.8 Å². The molecule has 2 unspecified atom stereocenters. The number of furan rings is 1. The fourth-order valence-electron chi connectivity index (χ4n) is 2.90. The van der Waals surface area contributed by atoms with Gasteiger partial charge < -0.3 is 14.5 Å². The van der Waals surface area contributed by atoms with Gasteiger partial charge in [0.2, 0.25) is 0 Å². The molecule has 1 N–H and O–H groups in total. The highest BCUT2D eigenvalue weighted by molar-refractivity contribution is 5.19. The molecule has 0 aromatic carbocycles. The lowest BCUT2D eigenvalue weighted by Gasteiger charge is -2.28. The minimum absolute atomic E-state index is 0.105. The minimum Gasteiger partial charge on any atom is -0.462 e. The second-order valence-electron chi connectivity index (χ2n) is 7.53. The van der Waals surface area contributed by atoms with E-state index in [9.17, 15) is 0 Å². The molecule has 0 radical (unpaired) electrons. The molecule has 0 aliphatic heterocycles. The van der Waals surface area contributed by atoms with Crippen LogP contribution in [0.1, 0.15) is 70.5 Å². The predicted octanol–water partition coefficient (Wildman–Crippen LogP) is 4.57. The quantitative estimate of drug-likeness (QED) is 0.863. The molecule has 21 heavy (non-hydrogen) atoms. The van der Waals surface area contributed by atoms with Crippen LogP contribution in [0.25, 0.3) is 0 Å². The second kappa shape index (κ2) is 6.97. The number of hydrogen-bond acceptors (Lipinski definition) is 3. The van der Waals surface area contributed by atoms with Crippen LogP contribution in [0.15, 0.2) is 10.5 Å². The van der Waals surface area contributed by atoms with Crippen LogP contribution in [0.4, 0.5) is 0 Å². The minimum atomic E-state index is 0.105. The molecule has 1 aliphatic rings. The second-order valence-corrected chi connectivity index (χ2v) is 7.53. The molecule has 0 saturated heterocycles. The lowest BCUT2D eigenvalue weighted by atomic mass is 9.88. The summed E-state index contributed by atoms with van der Waals surface area (Å²) >= 11 is 0. The summed E-state index contributed by atoms with van der Waals surface area (Å²) in [7, 11) is 0. The molecule has 2 rings (SSSR count). The maximum Gasteiger partial charge on any atom is 0.130 e. The Hall–Kier alpha value is -0.800. The van der Waals surface area contributed by atoms with Crippen LogP contribution in [0.5, 0.6) is 0 Å². The van der Waals surface area contributed by atoms with Crippen molar-refractivity contribution in [2.45, 2.75) is 85.1 Å². The number of hydrogen-bond donors (Lipinski definition) is 1. The average molecular weight is 293 g/mol. The van der Waals surface area contributed by atoms with E-state index in [0.29, 0.717) is 18.6 Å². The summed E-state index contributed by atoms with van der Waals surface area (Å²) < 4.78 is 12.0. The first kappa shape index (κ1) is 16.6. The summed E-state index contributed by atoms with van der Waals surface area (Å²) in [6.07, 6.45) is 5.54. The van der Waals surface area contributed by atoms with E-state index in [1.165, 1.54) is 31.2 Å². The van der Waals surface area contributed by atoms with Gasteiger partial charge in [-0.2, -0.15) is 0 Å². The summed E-state index contributed by atoms with van der Waals surface area (Å²) in [6, 6.07) is 2.12. The lowest BCUT2D eigenvalue weighted by Crippen LogP contribution is -2.35. The van der Waals surface area contributed by atoms with E-state index in [2.05, 4.69) is 46.0 Å². The molecule has 1 heterocycles. The standard InChI is InChI=1S/C18H31NO2/c1-13-8-6-7-9-16(13)20-12-15-10-14(2)17(21-15)11-19-18(3,4)5/h10,13,16,19H,6-9,11-12H2,1-5H3. The molecular formula is C18H31NO2. The molecule has 1 fully saturated rings. The van der Waals surface area contributed by atoms with E-state index >= 15 is 0 Å². The third-order valence-electron chi connectivity index (χ3n) is 4.32. The molecule has 3 heteroatoms. The monoisotopic (exact) mass is 293 g/mol. The van der Waals surface area contributed by atoms with Crippen molar-refractivity contribution in [3.63, 3.8) is 0 Å². The third kappa shape index (κ3) is 5.15. The van der Waals surface area contributed by atoms with Gasteiger partial charge in [-0.05, 0) is 58.1 Å². The summed E-state index contributed by atoms with van der Waals surface area (Å²) in [5, 5.41) is 3.47. The van der Waals surface area contributed by atoms with E-state index < -0.39 is 0 Å². The van der Waals surface area contributed by atoms with E-state index in [-0.39, 0.29) is 5.54 Å². The van der Waals surface area contributed by atoms with Gasteiger partial charge >= 0.3 is 0 Å². The first-order chi connectivity index (χ1) is 9.85. The first-order valence-corrected chi connectivity index (χ1v) is 8.30. The van der Waals surface area contributed by atoms with Crippen LogP contribution in [-0.2, 0) is 17.9 Å². The highest BCUT2D eigenvalue weighted by atomic mass is 16.5. The Kier molecular flexibility index (Phi) is 5.50. The van der Waals surface area contributed by atoms with Crippen LogP contribution in [0.2, 0.25) is 0 Å². The molecule has 0 bridgehead atoms. The largest absolute Gasteiger partial charge is 0.462 e. The Labute approximate surface area is 129 Å². The maximum atomic E-state index is 6.08. The van der Waals surface area contributed by atoms with Crippen molar-refractivity contribution < 1.29 is 9.15 Å². The van der Waals surface area contributed by atoms with Crippen molar-refractivity contribution in [3.8, 4) is 0 Å². The van der Waals surface area contributed by atoms with Gasteiger partial charge in [-0.1, -0.05) is 19.8 Å². The summed E-state index contributed by atoms with van der Waals surface area (Å²) in [5.74, 6) is 2.66. The molecule has 0 amide bonds. The Morgan fingerprint density at radius 2 is 2.00 bits per heavy atom. The van der Waals surface area contributed by atoms with E-state index in [1.54, 1.807) is 0 Å². The molecule has 2 atom stereocenters. The Bertz CT molecular complexity index is 445. The van der Waals surface area contributed by atoms with Crippen molar-refractivity contribution in [2.75, 3.05) is 0 Å². The summed E-state index contributed by atoms with van der Waals surface area (Å²) in [5.41, 5.74) is 1.31. The fourth-order valence-corrected chi connectivity index (χ4v) is 2.90. The zero-order valence-electron chi connectivity index (χ0n) is 14.3. The highest BCUT2D eigenvalue weighted by Crippen LogP contribution is 2.27. The summed E-state index contributed by atoms with van der Waals surface area (Å²) in [6.45, 7) is 12.3. The molecule has 1 aliphatic carbocycles. The predicted molar refractivity (Wildman–Crippen MR) is 86.2 cm³/mol. The molecule has 1 saturated carbocycles. The SMILES string of the molecule is Cc1cc(COC2CCCCC2C)oc1CNC(C)(C)C. The average Bonchev–Trinajstić information content (AvgIpc) is 2.75. The lowest BCUT2D eigenvalue weighted by molar-refractivity contribution is -0.0222. The molecule has 1 aromatic rings. The normalized spacial score (nSPS) is 23.5. The van der Waals surface area contributed by atoms with E-state index in [0.717, 1.165) is 18.1 Å². The van der Waals surface area contributed by atoms with Crippen molar-refractivity contribution in [3.05, 3.63) is 23.2 Å². The van der Waals surface area contributed by atoms with E-state index in [4.69, 9.17) is 9.15 Å². The number of aryl methyl sites for hydroxylation is 1. The number of ether oxygens (including phenoxy) is 1. The van der Waals surface area contributed by atoms with Gasteiger partial charge in [0.05, 0.1) is 12.6 Å². The number of rotatable bonds is 5. The topological polar surface area (TPSA) is 34.4 Å². The zero-order chi connectivity index (χ0) is 15.5. The van der Waals surface area contributed by atoms with Gasteiger partial charge in [0.1, 0.15) is 18.1 Å². The van der Waals surface area contributed by atoms with Gasteiger partial charge in [-0.25, -0.2) is 0 Å². The van der Waals surface area contributed by atoms with Crippen LogP contribution >= 0.6 is 0 Å². The molecule has 0 spiro atoms. The Morgan fingerprint density at radius 3 is 2.67 bits per heavy atom. The van der Waals surface area contributed by atoms with Crippen LogP contribution in [-0.4, -0.2) is 11.6 Å². The Morgan fingerprint density at radius 1 is 1.29 bits per heavy atom. The number of nitrogens with one attached hydrogen (secondary N) is 1. The first-order valence-electron chi connectivity index (χ1n) is 8.30. The molecule has 1 aromatic heterocycles. The van der Waals surface area contributed by atoms with Crippen LogP contribution in [0.3, 0.4) is 0 Å². The zero-order valence-corrected chi connectivity index (χ0v) is 14.3. The Balaban J connectivity index is 1.86.